The van der Waals surface area contributed by atoms with Crippen molar-refractivity contribution in [1.29, 1.82) is 0 Å². The lowest BCUT2D eigenvalue weighted by molar-refractivity contribution is 0.312. The lowest BCUT2D eigenvalue weighted by atomic mass is 10.3. The van der Waals surface area contributed by atoms with Crippen LogP contribution in [0.4, 0.5) is 5.69 Å². The second-order valence-electron chi connectivity index (χ2n) is 4.27. The minimum absolute atomic E-state index is 0.518. The van der Waals surface area contributed by atoms with Crippen LogP contribution in [0.25, 0.3) is 0 Å². The van der Waals surface area contributed by atoms with E-state index in [9.17, 15) is 0 Å². The van der Waals surface area contributed by atoms with Crippen LogP contribution in [0.15, 0.2) is 48.7 Å². The van der Waals surface area contributed by atoms with Crippen molar-refractivity contribution >= 4 is 17.3 Å². The standard InChI is InChI=1S/C15H17ClN2O/c1-18(13-8-9-17-15(16)12-13)10-5-11-19-14-6-3-2-4-7-14/h2-4,6-9,12H,5,10-11H2,1H3. The van der Waals surface area contributed by atoms with Crippen LogP contribution in [0, 0.1) is 0 Å². The summed E-state index contributed by atoms with van der Waals surface area (Å²) in [5.41, 5.74) is 1.07. The first-order chi connectivity index (χ1) is 9.25. The molecular formula is C15H17ClN2O. The summed E-state index contributed by atoms with van der Waals surface area (Å²) in [6.07, 6.45) is 2.67. The Balaban J connectivity index is 1.74. The number of aromatic nitrogens is 1. The molecule has 0 amide bonds. The van der Waals surface area contributed by atoms with Gasteiger partial charge in [0.1, 0.15) is 10.9 Å². The Bertz CT molecular complexity index is 505. The average Bonchev–Trinajstić information content (AvgIpc) is 2.44. The number of pyridine rings is 1. The van der Waals surface area contributed by atoms with Gasteiger partial charge in [0, 0.05) is 25.5 Å². The first-order valence-electron chi connectivity index (χ1n) is 6.26. The van der Waals surface area contributed by atoms with Crippen LogP contribution in [-0.4, -0.2) is 25.2 Å². The minimum Gasteiger partial charge on any atom is -0.494 e. The van der Waals surface area contributed by atoms with Crippen molar-refractivity contribution in [3.05, 3.63) is 53.8 Å². The van der Waals surface area contributed by atoms with Gasteiger partial charge in [0.2, 0.25) is 0 Å². The third-order valence-electron chi connectivity index (χ3n) is 2.80. The molecule has 0 atom stereocenters. The van der Waals surface area contributed by atoms with Gasteiger partial charge in [-0.15, -0.1) is 0 Å². The van der Waals surface area contributed by atoms with Crippen molar-refractivity contribution in [3.8, 4) is 5.75 Å². The molecule has 0 saturated carbocycles. The van der Waals surface area contributed by atoms with Gasteiger partial charge in [0.15, 0.2) is 0 Å². The Morgan fingerprint density at radius 1 is 1.21 bits per heavy atom. The van der Waals surface area contributed by atoms with E-state index in [1.807, 2.05) is 49.5 Å². The normalized spacial score (nSPS) is 10.2. The minimum atomic E-state index is 0.518. The molecule has 3 nitrogen and oxygen atoms in total. The molecule has 1 heterocycles. The molecule has 0 radical (unpaired) electrons. The van der Waals surface area contributed by atoms with E-state index in [0.717, 1.165) is 24.4 Å². The number of halogens is 1. The molecule has 1 aromatic heterocycles. The molecule has 0 spiro atoms. The van der Waals surface area contributed by atoms with Crippen LogP contribution < -0.4 is 9.64 Å². The second-order valence-corrected chi connectivity index (χ2v) is 4.66. The molecule has 2 aromatic rings. The molecule has 1 aromatic carbocycles. The van der Waals surface area contributed by atoms with E-state index in [1.54, 1.807) is 6.20 Å². The zero-order chi connectivity index (χ0) is 13.5. The molecule has 0 unspecified atom stereocenters. The molecule has 4 heteroatoms. The van der Waals surface area contributed by atoms with Crippen LogP contribution >= 0.6 is 11.6 Å². The highest BCUT2D eigenvalue weighted by atomic mass is 35.5. The van der Waals surface area contributed by atoms with Crippen LogP contribution in [0.5, 0.6) is 5.75 Å². The summed E-state index contributed by atoms with van der Waals surface area (Å²) in [6.45, 7) is 1.61. The highest BCUT2D eigenvalue weighted by molar-refractivity contribution is 6.29. The summed E-state index contributed by atoms with van der Waals surface area (Å²) in [4.78, 5) is 6.11. The fraction of sp³-hybridized carbons (Fsp3) is 0.267. The number of rotatable bonds is 6. The van der Waals surface area contributed by atoms with Gasteiger partial charge in [-0.2, -0.15) is 0 Å². The molecule has 0 N–H and O–H groups in total. The van der Waals surface area contributed by atoms with E-state index in [-0.39, 0.29) is 0 Å². The van der Waals surface area contributed by atoms with E-state index >= 15 is 0 Å². The van der Waals surface area contributed by atoms with Crippen LogP contribution in [0.1, 0.15) is 6.42 Å². The molecule has 2 rings (SSSR count). The molecule has 100 valence electrons. The van der Waals surface area contributed by atoms with Gasteiger partial charge < -0.3 is 9.64 Å². The molecular weight excluding hydrogens is 260 g/mol. The lowest BCUT2D eigenvalue weighted by Crippen LogP contribution is -2.20. The van der Waals surface area contributed by atoms with Gasteiger partial charge in [-0.1, -0.05) is 29.8 Å². The zero-order valence-electron chi connectivity index (χ0n) is 10.9. The first kappa shape index (κ1) is 13.7. The number of hydrogen-bond donors (Lipinski definition) is 0. The van der Waals surface area contributed by atoms with Crippen LogP contribution in [0.2, 0.25) is 5.15 Å². The summed E-state index contributed by atoms with van der Waals surface area (Å²) in [5, 5.41) is 0.518. The maximum absolute atomic E-state index is 5.87. The molecule has 0 aliphatic heterocycles. The number of hydrogen-bond acceptors (Lipinski definition) is 3. The SMILES string of the molecule is CN(CCCOc1ccccc1)c1ccnc(Cl)c1. The van der Waals surface area contributed by atoms with Crippen molar-refractivity contribution in [2.45, 2.75) is 6.42 Å². The van der Waals surface area contributed by atoms with Gasteiger partial charge in [-0.3, -0.25) is 0 Å². The molecule has 0 saturated heterocycles. The molecule has 0 aliphatic rings. The Kier molecular flexibility index (Phi) is 5.04. The lowest BCUT2D eigenvalue weighted by Gasteiger charge is -2.19. The van der Waals surface area contributed by atoms with Gasteiger partial charge in [0.25, 0.3) is 0 Å². The maximum atomic E-state index is 5.87. The summed E-state index contributed by atoms with van der Waals surface area (Å²) in [6, 6.07) is 13.7. The van der Waals surface area contributed by atoms with Gasteiger partial charge in [-0.05, 0) is 30.7 Å². The second kappa shape index (κ2) is 7.00. The summed E-state index contributed by atoms with van der Waals surface area (Å²) in [7, 11) is 2.04. The van der Waals surface area contributed by atoms with Gasteiger partial charge in [-0.25, -0.2) is 4.98 Å². The summed E-state index contributed by atoms with van der Waals surface area (Å²) >= 11 is 5.87. The highest BCUT2D eigenvalue weighted by Gasteiger charge is 2.02. The van der Waals surface area contributed by atoms with Crippen molar-refractivity contribution in [2.75, 3.05) is 25.1 Å². The largest absolute Gasteiger partial charge is 0.494 e. The Morgan fingerprint density at radius 2 is 2.00 bits per heavy atom. The fourth-order valence-electron chi connectivity index (χ4n) is 1.77. The Labute approximate surface area is 118 Å². The van der Waals surface area contributed by atoms with Crippen molar-refractivity contribution in [3.63, 3.8) is 0 Å². The third kappa shape index (κ3) is 4.45. The van der Waals surface area contributed by atoms with Gasteiger partial charge in [0.05, 0.1) is 6.61 Å². The number of nitrogens with zero attached hydrogens (tertiary/aromatic N) is 2. The predicted octanol–water partition coefficient (Wildman–Crippen LogP) is 3.64. The molecule has 0 aliphatic carbocycles. The Hall–Kier alpha value is -1.74. The molecule has 0 bridgehead atoms. The van der Waals surface area contributed by atoms with Gasteiger partial charge >= 0.3 is 0 Å². The number of benzene rings is 1. The number of ether oxygens (including phenoxy) is 1. The molecule has 19 heavy (non-hydrogen) atoms. The predicted molar refractivity (Wildman–Crippen MR) is 79.1 cm³/mol. The quantitative estimate of drug-likeness (QED) is 0.595. The van der Waals surface area contributed by atoms with E-state index in [4.69, 9.17) is 16.3 Å². The van der Waals surface area contributed by atoms with Crippen molar-refractivity contribution in [1.82, 2.24) is 4.98 Å². The number of anilines is 1. The Morgan fingerprint density at radius 3 is 2.74 bits per heavy atom. The topological polar surface area (TPSA) is 25.4 Å². The van der Waals surface area contributed by atoms with E-state index in [0.29, 0.717) is 11.8 Å². The maximum Gasteiger partial charge on any atom is 0.131 e. The van der Waals surface area contributed by atoms with Crippen molar-refractivity contribution in [2.24, 2.45) is 0 Å². The smallest absolute Gasteiger partial charge is 0.131 e. The van der Waals surface area contributed by atoms with Crippen LogP contribution in [0.3, 0.4) is 0 Å². The average molecular weight is 277 g/mol. The number of para-hydroxylation sites is 1. The first-order valence-corrected chi connectivity index (χ1v) is 6.64. The highest BCUT2D eigenvalue weighted by Crippen LogP contribution is 2.16. The summed E-state index contributed by atoms with van der Waals surface area (Å²) in [5.74, 6) is 0.914. The third-order valence-corrected chi connectivity index (χ3v) is 3.01. The fourth-order valence-corrected chi connectivity index (χ4v) is 1.94. The van der Waals surface area contributed by atoms with E-state index < -0.39 is 0 Å². The zero-order valence-corrected chi connectivity index (χ0v) is 11.7. The monoisotopic (exact) mass is 276 g/mol. The summed E-state index contributed by atoms with van der Waals surface area (Å²) < 4.78 is 5.65. The molecule has 0 fully saturated rings. The van der Waals surface area contributed by atoms with E-state index in [1.165, 1.54) is 0 Å². The van der Waals surface area contributed by atoms with E-state index in [2.05, 4.69) is 9.88 Å². The van der Waals surface area contributed by atoms with Crippen LogP contribution in [-0.2, 0) is 0 Å². The van der Waals surface area contributed by atoms with Crippen molar-refractivity contribution < 1.29 is 4.74 Å².